The lowest BCUT2D eigenvalue weighted by molar-refractivity contribution is -0.140. The van der Waals surface area contributed by atoms with Crippen LogP contribution >= 0.6 is 0 Å². The second kappa shape index (κ2) is 12.6. The van der Waals surface area contributed by atoms with Gasteiger partial charge in [-0.05, 0) is 68.9 Å². The van der Waals surface area contributed by atoms with E-state index in [1.54, 1.807) is 44.6 Å². The first kappa shape index (κ1) is 28.1. The van der Waals surface area contributed by atoms with Crippen LogP contribution < -0.4 is 14.2 Å². The van der Waals surface area contributed by atoms with Crippen LogP contribution in [0.4, 0.5) is 0 Å². The van der Waals surface area contributed by atoms with E-state index in [0.717, 1.165) is 24.8 Å². The molecule has 0 aliphatic carbocycles. The summed E-state index contributed by atoms with van der Waals surface area (Å²) in [6, 6.07) is 9.78. The second-order valence-corrected chi connectivity index (χ2v) is 9.45. The van der Waals surface area contributed by atoms with Gasteiger partial charge in [-0.2, -0.15) is 0 Å². The summed E-state index contributed by atoms with van der Waals surface area (Å²) in [5.74, 6) is 0.191. The normalized spacial score (nSPS) is 16.9. The topological polar surface area (TPSA) is 88.5 Å². The highest BCUT2D eigenvalue weighted by Gasteiger charge is 2.46. The largest absolute Gasteiger partial charge is 0.507 e. The van der Waals surface area contributed by atoms with E-state index in [9.17, 15) is 14.7 Å². The molecule has 1 N–H and O–H groups in total. The SMILES string of the molecule is CCCCCOc1ccc(C2/C(=C(\O)c3ccc(OC)c(C)c3)C(=O)C(=O)N2CCN(C)C)cc1OC. The monoisotopic (exact) mass is 510 g/mol. The Bertz CT molecular complexity index is 1160. The van der Waals surface area contributed by atoms with Gasteiger partial charge in [0.05, 0.1) is 32.4 Å². The van der Waals surface area contributed by atoms with Crippen molar-refractivity contribution in [3.05, 3.63) is 58.7 Å². The third kappa shape index (κ3) is 6.25. The van der Waals surface area contributed by atoms with E-state index in [1.807, 2.05) is 32.0 Å². The first-order valence-corrected chi connectivity index (χ1v) is 12.6. The molecular formula is C29H38N2O6. The van der Waals surface area contributed by atoms with Crippen molar-refractivity contribution in [1.82, 2.24) is 9.80 Å². The van der Waals surface area contributed by atoms with Gasteiger partial charge in [0.25, 0.3) is 11.7 Å². The van der Waals surface area contributed by atoms with Crippen molar-refractivity contribution in [3.8, 4) is 17.2 Å². The van der Waals surface area contributed by atoms with Crippen LogP contribution in [0.2, 0.25) is 0 Å². The maximum absolute atomic E-state index is 13.3. The van der Waals surface area contributed by atoms with Crippen LogP contribution in [0.5, 0.6) is 17.2 Å². The Morgan fingerprint density at radius 1 is 1.00 bits per heavy atom. The predicted molar refractivity (Wildman–Crippen MR) is 143 cm³/mol. The number of aliphatic hydroxyl groups excluding tert-OH is 1. The van der Waals surface area contributed by atoms with Crippen molar-refractivity contribution >= 4 is 17.4 Å². The highest BCUT2D eigenvalue weighted by molar-refractivity contribution is 6.46. The molecule has 1 atom stereocenters. The number of Topliss-reactive ketones (excluding diaryl/α,β-unsaturated/α-hetero) is 1. The van der Waals surface area contributed by atoms with Crippen molar-refractivity contribution in [2.75, 3.05) is 48.0 Å². The van der Waals surface area contributed by atoms with Crippen molar-refractivity contribution in [2.24, 2.45) is 0 Å². The lowest BCUT2D eigenvalue weighted by Crippen LogP contribution is -2.35. The molecule has 200 valence electrons. The highest BCUT2D eigenvalue weighted by atomic mass is 16.5. The van der Waals surface area contributed by atoms with Crippen molar-refractivity contribution < 1.29 is 28.9 Å². The van der Waals surface area contributed by atoms with Crippen LogP contribution in [-0.4, -0.2) is 74.6 Å². The highest BCUT2D eigenvalue weighted by Crippen LogP contribution is 2.42. The van der Waals surface area contributed by atoms with Gasteiger partial charge in [0, 0.05) is 18.7 Å². The van der Waals surface area contributed by atoms with E-state index in [0.29, 0.717) is 48.1 Å². The molecule has 37 heavy (non-hydrogen) atoms. The zero-order valence-corrected chi connectivity index (χ0v) is 22.7. The van der Waals surface area contributed by atoms with Gasteiger partial charge in [-0.15, -0.1) is 0 Å². The molecule has 1 aliphatic rings. The molecule has 0 saturated carbocycles. The molecule has 0 radical (unpaired) electrons. The minimum atomic E-state index is -0.773. The number of benzene rings is 2. The number of ether oxygens (including phenoxy) is 3. The number of rotatable bonds is 12. The number of unbranched alkanes of at least 4 members (excludes halogenated alkanes) is 2. The summed E-state index contributed by atoms with van der Waals surface area (Å²) in [5.41, 5.74) is 1.95. The first-order valence-electron chi connectivity index (χ1n) is 12.6. The summed E-state index contributed by atoms with van der Waals surface area (Å²) < 4.78 is 16.8. The summed E-state index contributed by atoms with van der Waals surface area (Å²) in [6.45, 7) is 5.43. The minimum absolute atomic E-state index is 0.0481. The Morgan fingerprint density at radius 3 is 2.32 bits per heavy atom. The Hall–Kier alpha value is -3.52. The molecule has 1 amide bonds. The summed E-state index contributed by atoms with van der Waals surface area (Å²) in [5, 5.41) is 11.3. The molecule has 1 heterocycles. The molecule has 1 fully saturated rings. The summed E-state index contributed by atoms with van der Waals surface area (Å²) in [7, 11) is 6.93. The molecule has 2 aromatic rings. The fraction of sp³-hybridized carbons (Fsp3) is 0.448. The molecule has 1 unspecified atom stereocenters. The molecule has 1 aliphatic heterocycles. The van der Waals surface area contributed by atoms with Gasteiger partial charge in [0.1, 0.15) is 11.5 Å². The van der Waals surface area contributed by atoms with E-state index >= 15 is 0 Å². The Morgan fingerprint density at radius 2 is 1.70 bits per heavy atom. The standard InChI is InChI=1S/C29H38N2O6/c1-7-8-9-16-37-23-13-10-20(18-24(23)36-6)26-25(28(33)29(34)31(26)15-14-30(3)4)27(32)21-11-12-22(35-5)19(2)17-21/h10-13,17-18,26,32H,7-9,14-16H2,1-6H3/b27-25+. The molecule has 0 aromatic heterocycles. The predicted octanol–water partition coefficient (Wildman–Crippen LogP) is 4.56. The number of hydrogen-bond donors (Lipinski definition) is 1. The second-order valence-electron chi connectivity index (χ2n) is 9.45. The number of carbonyl (C=O) groups excluding carboxylic acids is 2. The molecule has 1 saturated heterocycles. The number of carbonyl (C=O) groups is 2. The van der Waals surface area contributed by atoms with Gasteiger partial charge in [-0.3, -0.25) is 9.59 Å². The maximum Gasteiger partial charge on any atom is 0.295 e. The third-order valence-electron chi connectivity index (χ3n) is 6.51. The number of amides is 1. The number of likely N-dealkylation sites (N-methyl/N-ethyl adjacent to an activating group) is 1. The Kier molecular flexibility index (Phi) is 9.58. The molecule has 8 nitrogen and oxygen atoms in total. The average molecular weight is 511 g/mol. The number of ketones is 1. The van der Waals surface area contributed by atoms with E-state index in [-0.39, 0.29) is 11.3 Å². The third-order valence-corrected chi connectivity index (χ3v) is 6.51. The number of aliphatic hydroxyl groups is 1. The lowest BCUT2D eigenvalue weighted by Gasteiger charge is -2.27. The summed E-state index contributed by atoms with van der Waals surface area (Å²) >= 11 is 0. The molecule has 2 aromatic carbocycles. The van der Waals surface area contributed by atoms with Crippen molar-refractivity contribution in [1.29, 1.82) is 0 Å². The van der Waals surface area contributed by atoms with Gasteiger partial charge in [-0.1, -0.05) is 25.8 Å². The molecule has 3 rings (SSSR count). The van der Waals surface area contributed by atoms with Crippen LogP contribution in [0.3, 0.4) is 0 Å². The fourth-order valence-corrected chi connectivity index (χ4v) is 4.45. The average Bonchev–Trinajstić information content (AvgIpc) is 3.14. The first-order chi connectivity index (χ1) is 17.7. The summed E-state index contributed by atoms with van der Waals surface area (Å²) in [6.07, 6.45) is 3.11. The number of methoxy groups -OCH3 is 2. The minimum Gasteiger partial charge on any atom is -0.507 e. The van der Waals surface area contributed by atoms with Gasteiger partial charge in [0.15, 0.2) is 11.5 Å². The summed E-state index contributed by atoms with van der Waals surface area (Å²) in [4.78, 5) is 29.9. The number of likely N-dealkylation sites (tertiary alicyclic amines) is 1. The Labute approximate surface area is 219 Å². The van der Waals surface area contributed by atoms with E-state index in [4.69, 9.17) is 14.2 Å². The van der Waals surface area contributed by atoms with E-state index in [2.05, 4.69) is 6.92 Å². The fourth-order valence-electron chi connectivity index (χ4n) is 4.45. The number of hydrogen-bond acceptors (Lipinski definition) is 7. The molecule has 0 spiro atoms. The lowest BCUT2D eigenvalue weighted by atomic mass is 9.94. The van der Waals surface area contributed by atoms with E-state index in [1.165, 1.54) is 4.90 Å². The van der Waals surface area contributed by atoms with Gasteiger partial charge < -0.3 is 29.1 Å². The van der Waals surface area contributed by atoms with Crippen LogP contribution in [0.15, 0.2) is 42.0 Å². The van der Waals surface area contributed by atoms with Gasteiger partial charge in [0.2, 0.25) is 0 Å². The quantitative estimate of drug-likeness (QED) is 0.194. The number of aryl methyl sites for hydroxylation is 1. The molecule has 0 bridgehead atoms. The van der Waals surface area contributed by atoms with Crippen LogP contribution in [0, 0.1) is 6.92 Å². The van der Waals surface area contributed by atoms with Crippen molar-refractivity contribution in [3.63, 3.8) is 0 Å². The smallest absolute Gasteiger partial charge is 0.295 e. The maximum atomic E-state index is 13.3. The van der Waals surface area contributed by atoms with Crippen molar-refractivity contribution in [2.45, 2.75) is 39.2 Å². The Balaban J connectivity index is 2.09. The van der Waals surface area contributed by atoms with Crippen LogP contribution in [-0.2, 0) is 9.59 Å². The van der Waals surface area contributed by atoms with Gasteiger partial charge >= 0.3 is 0 Å². The number of nitrogens with zero attached hydrogens (tertiary/aromatic N) is 2. The van der Waals surface area contributed by atoms with Crippen LogP contribution in [0.1, 0.15) is 48.9 Å². The van der Waals surface area contributed by atoms with Gasteiger partial charge in [-0.25, -0.2) is 0 Å². The zero-order chi connectivity index (χ0) is 27.1. The molecule has 8 heteroatoms. The van der Waals surface area contributed by atoms with Crippen LogP contribution in [0.25, 0.3) is 5.76 Å². The zero-order valence-electron chi connectivity index (χ0n) is 22.7. The van der Waals surface area contributed by atoms with E-state index < -0.39 is 17.7 Å². The molecular weight excluding hydrogens is 472 g/mol.